The molecule has 0 atom stereocenters. The third kappa shape index (κ3) is 6.28. The maximum Gasteiger partial charge on any atom is 0.257 e. The van der Waals surface area contributed by atoms with E-state index in [9.17, 15) is 13.2 Å². The summed E-state index contributed by atoms with van der Waals surface area (Å²) < 4.78 is 88.8. The Morgan fingerprint density at radius 3 is 2.64 bits per heavy atom. The van der Waals surface area contributed by atoms with E-state index in [0.29, 0.717) is 37.3 Å². The van der Waals surface area contributed by atoms with Gasteiger partial charge < -0.3 is 24.8 Å². The Morgan fingerprint density at radius 1 is 1.13 bits per heavy atom. The van der Waals surface area contributed by atoms with Crippen LogP contribution in [0.5, 0.6) is 11.6 Å². The van der Waals surface area contributed by atoms with Crippen LogP contribution in [0.3, 0.4) is 0 Å². The Morgan fingerprint density at radius 2 is 1.92 bits per heavy atom. The van der Waals surface area contributed by atoms with Gasteiger partial charge in [0.25, 0.3) is 5.88 Å². The van der Waals surface area contributed by atoms with Gasteiger partial charge in [-0.1, -0.05) is 0 Å². The van der Waals surface area contributed by atoms with Crippen molar-refractivity contribution in [3.8, 4) is 22.9 Å². The summed E-state index contributed by atoms with van der Waals surface area (Å²) in [6.07, 6.45) is 3.92. The molecule has 0 bridgehead atoms. The van der Waals surface area contributed by atoms with E-state index < -0.39 is 35.7 Å². The van der Waals surface area contributed by atoms with E-state index in [1.165, 1.54) is 31.3 Å². The summed E-state index contributed by atoms with van der Waals surface area (Å²) in [7, 11) is -3.68. The predicted octanol–water partition coefficient (Wildman–Crippen LogP) is 4.09. The lowest BCUT2D eigenvalue weighted by Gasteiger charge is -2.31. The number of anilines is 3. The molecule has 5 heterocycles. The molecule has 5 rings (SSSR count). The first-order chi connectivity index (χ1) is 21.0. The molecule has 1 fully saturated rings. The molecule has 1 amide bonds. The zero-order chi connectivity index (χ0) is 32.8. The van der Waals surface area contributed by atoms with Crippen LogP contribution in [0.2, 0.25) is 0 Å². The third-order valence-electron chi connectivity index (χ3n) is 6.17. The fourth-order valence-corrected chi connectivity index (χ4v) is 4.96. The summed E-state index contributed by atoms with van der Waals surface area (Å²) >= 11 is 0. The van der Waals surface area contributed by atoms with Gasteiger partial charge in [-0.2, -0.15) is 0 Å². The van der Waals surface area contributed by atoms with Gasteiger partial charge in [-0.15, -0.1) is 0 Å². The normalized spacial score (nSPS) is 19.8. The number of carbonyl (C=O) groups excluding carboxylic acids is 1. The van der Waals surface area contributed by atoms with Crippen LogP contribution < -0.4 is 20.1 Å². The molecule has 2 aliphatic rings. The maximum absolute atomic E-state index is 12.6. The number of hydrogen-bond acceptors (Lipinski definition) is 10. The van der Waals surface area contributed by atoms with Crippen molar-refractivity contribution in [1.82, 2.24) is 15.0 Å². The van der Waals surface area contributed by atoms with Gasteiger partial charge in [-0.25, -0.2) is 23.4 Å². The summed E-state index contributed by atoms with van der Waals surface area (Å²) in [6.45, 7) is -4.45. The number of fused-ring (bicyclic) bond motifs is 1. The van der Waals surface area contributed by atoms with E-state index in [1.807, 2.05) is 0 Å². The van der Waals surface area contributed by atoms with Crippen molar-refractivity contribution in [2.45, 2.75) is 50.0 Å². The Bertz CT molecular complexity index is 1710. The van der Waals surface area contributed by atoms with Crippen LogP contribution >= 0.6 is 0 Å². The molecule has 12 heteroatoms. The van der Waals surface area contributed by atoms with Crippen LogP contribution in [-0.2, 0) is 19.4 Å². The molecule has 3 aromatic heterocycles. The molecule has 0 aromatic carbocycles. The lowest BCUT2D eigenvalue weighted by molar-refractivity contribution is -0.114. The Hall–Kier alpha value is -3.77. The van der Waals surface area contributed by atoms with Crippen LogP contribution in [0, 0.1) is 0 Å². The SMILES string of the molecule is [2H]C([2H])([2H])C1(C([2H])([2H])[2H])COc2nc(-c3cnc(NC(C)=O)cc3Nc3cc(C4CCOCC4)cc(S(C)(=O)=O)n3)ccc2O1. The number of sulfone groups is 1. The molecule has 1 saturated heterocycles. The first-order valence-corrected chi connectivity index (χ1v) is 14.0. The van der Waals surface area contributed by atoms with Crippen LogP contribution in [-0.4, -0.2) is 61.0 Å². The minimum Gasteiger partial charge on any atom is -0.479 e. The Labute approximate surface area is 235 Å². The molecule has 11 nitrogen and oxygen atoms in total. The maximum atomic E-state index is 12.6. The lowest BCUT2D eigenvalue weighted by atomic mass is 9.92. The monoisotopic (exact) mass is 559 g/mol. The van der Waals surface area contributed by atoms with Gasteiger partial charge >= 0.3 is 0 Å². The predicted molar refractivity (Wildman–Crippen MR) is 145 cm³/mol. The molecule has 2 aliphatic heterocycles. The highest BCUT2D eigenvalue weighted by Crippen LogP contribution is 2.38. The summed E-state index contributed by atoms with van der Waals surface area (Å²) in [5, 5.41) is 5.64. The molecule has 0 aliphatic carbocycles. The van der Waals surface area contributed by atoms with Gasteiger partial charge in [-0.05, 0) is 62.3 Å². The highest BCUT2D eigenvalue weighted by Gasteiger charge is 2.29. The minimum atomic E-state index is -3.68. The van der Waals surface area contributed by atoms with Crippen LogP contribution in [0.15, 0.2) is 41.6 Å². The first-order valence-electron chi connectivity index (χ1n) is 15.1. The molecule has 0 spiro atoms. The van der Waals surface area contributed by atoms with Crippen LogP contribution in [0.4, 0.5) is 17.3 Å². The van der Waals surface area contributed by atoms with E-state index in [0.717, 1.165) is 11.8 Å². The smallest absolute Gasteiger partial charge is 0.257 e. The largest absolute Gasteiger partial charge is 0.479 e. The van der Waals surface area contributed by atoms with Gasteiger partial charge in [0.1, 0.15) is 23.8 Å². The first kappa shape index (κ1) is 20.2. The minimum absolute atomic E-state index is 0.0611. The van der Waals surface area contributed by atoms with Crippen molar-refractivity contribution >= 4 is 33.1 Å². The summed E-state index contributed by atoms with van der Waals surface area (Å²) in [6, 6.07) is 7.65. The van der Waals surface area contributed by atoms with E-state index in [-0.39, 0.29) is 45.8 Å². The van der Waals surface area contributed by atoms with Gasteiger partial charge in [-0.3, -0.25) is 4.79 Å². The molecule has 2 N–H and O–H groups in total. The zero-order valence-corrected chi connectivity index (χ0v) is 22.1. The van der Waals surface area contributed by atoms with Gasteiger partial charge in [0.2, 0.25) is 5.91 Å². The lowest BCUT2D eigenvalue weighted by Crippen LogP contribution is -2.39. The van der Waals surface area contributed by atoms with Gasteiger partial charge in [0.05, 0.1) is 11.4 Å². The van der Waals surface area contributed by atoms with E-state index in [4.69, 9.17) is 22.4 Å². The summed E-state index contributed by atoms with van der Waals surface area (Å²) in [5.41, 5.74) is -0.839. The average Bonchev–Trinajstić information content (AvgIpc) is 2.95. The molecular formula is C27H31N5O6S. The number of hydrogen-bond donors (Lipinski definition) is 2. The number of aromatic nitrogens is 3. The van der Waals surface area contributed by atoms with Crippen molar-refractivity contribution in [2.24, 2.45) is 0 Å². The quantitative estimate of drug-likeness (QED) is 0.453. The van der Waals surface area contributed by atoms with E-state index in [2.05, 4.69) is 25.6 Å². The van der Waals surface area contributed by atoms with Crippen molar-refractivity contribution in [1.29, 1.82) is 0 Å². The molecule has 39 heavy (non-hydrogen) atoms. The number of pyridine rings is 3. The molecular weight excluding hydrogens is 522 g/mol. The topological polar surface area (TPSA) is 142 Å². The van der Waals surface area contributed by atoms with E-state index >= 15 is 0 Å². The number of nitrogens with one attached hydrogen (secondary N) is 2. The fraction of sp³-hybridized carbons (Fsp3) is 0.407. The molecule has 206 valence electrons. The number of amides is 1. The van der Waals surface area contributed by atoms with Crippen LogP contribution in [0.25, 0.3) is 11.3 Å². The molecule has 0 radical (unpaired) electrons. The highest BCUT2D eigenvalue weighted by atomic mass is 32.2. The number of rotatable bonds is 6. The highest BCUT2D eigenvalue weighted by molar-refractivity contribution is 7.90. The molecule has 0 saturated carbocycles. The number of nitrogens with zero attached hydrogens (tertiary/aromatic N) is 3. The van der Waals surface area contributed by atoms with Crippen molar-refractivity contribution in [3.63, 3.8) is 0 Å². The summed E-state index contributed by atoms with van der Waals surface area (Å²) in [4.78, 5) is 24.8. The second-order valence-electron chi connectivity index (χ2n) is 9.42. The summed E-state index contributed by atoms with van der Waals surface area (Å²) in [5.74, 6) is -0.199. The van der Waals surface area contributed by atoms with Gasteiger partial charge in [0.15, 0.2) is 20.6 Å². The van der Waals surface area contributed by atoms with Gasteiger partial charge in [0, 0.05) is 52.4 Å². The zero-order valence-electron chi connectivity index (χ0n) is 27.3. The number of carbonyl (C=O) groups is 1. The Kier molecular flexibility index (Phi) is 5.39. The van der Waals surface area contributed by atoms with Crippen molar-refractivity contribution in [3.05, 3.63) is 42.1 Å². The fourth-order valence-electron chi connectivity index (χ4n) is 4.34. The Balaban J connectivity index is 1.56. The second-order valence-corrected chi connectivity index (χ2v) is 11.4. The third-order valence-corrected chi connectivity index (χ3v) is 7.13. The van der Waals surface area contributed by atoms with Crippen molar-refractivity contribution < 1.29 is 35.6 Å². The standard InChI is InChI=1S/C27H31N5O6S/c1-16(33)29-23-13-21(19(14-28-23)20-5-6-22-26(31-20)37-15-27(2,3)38-22)30-24-11-18(17-7-9-36-10-8-17)12-25(32-24)39(4,34)35/h5-6,11-14,17H,7-10,15H2,1-4H3,(H2,28,29,30,32,33)/i2D3,3D3. The van der Waals surface area contributed by atoms with E-state index in [1.54, 1.807) is 12.1 Å². The number of ether oxygens (including phenoxy) is 3. The van der Waals surface area contributed by atoms with Crippen molar-refractivity contribution in [2.75, 3.05) is 36.7 Å². The molecule has 3 aromatic rings. The second kappa shape index (κ2) is 10.4. The van der Waals surface area contributed by atoms with Crippen LogP contribution in [0.1, 0.15) is 53.2 Å². The molecule has 0 unspecified atom stereocenters. The average molecular weight is 560 g/mol.